The summed E-state index contributed by atoms with van der Waals surface area (Å²) in [5.74, 6) is 0. The van der Waals surface area contributed by atoms with E-state index in [0.29, 0.717) is 6.04 Å². The first-order chi connectivity index (χ1) is 5.27. The van der Waals surface area contributed by atoms with Crippen LogP contribution in [0.1, 0.15) is 19.8 Å². The molecule has 0 amide bonds. The van der Waals surface area contributed by atoms with Gasteiger partial charge in [0.15, 0.2) is 0 Å². The number of hydrogen-bond donors (Lipinski definition) is 2. The van der Waals surface area contributed by atoms with E-state index in [0.717, 1.165) is 32.5 Å². The highest BCUT2D eigenvalue weighted by molar-refractivity contribution is 4.54. The molecule has 0 radical (unpaired) electrons. The second kappa shape index (κ2) is 7.98. The van der Waals surface area contributed by atoms with E-state index in [-0.39, 0.29) is 0 Å². The highest BCUT2D eigenvalue weighted by Gasteiger charge is 1.92. The van der Waals surface area contributed by atoms with Gasteiger partial charge in [-0.3, -0.25) is 0 Å². The van der Waals surface area contributed by atoms with Crippen molar-refractivity contribution >= 4 is 0 Å². The van der Waals surface area contributed by atoms with Gasteiger partial charge in [0.05, 0.1) is 6.61 Å². The molecule has 1 unspecified atom stereocenters. The van der Waals surface area contributed by atoms with Gasteiger partial charge in [0.1, 0.15) is 0 Å². The zero-order chi connectivity index (χ0) is 8.53. The van der Waals surface area contributed by atoms with Gasteiger partial charge < -0.3 is 15.8 Å². The van der Waals surface area contributed by atoms with Crippen LogP contribution < -0.4 is 11.1 Å². The Bertz CT molecular complexity index is 76.5. The molecule has 68 valence electrons. The van der Waals surface area contributed by atoms with E-state index in [1.54, 1.807) is 7.11 Å². The zero-order valence-corrected chi connectivity index (χ0v) is 7.60. The van der Waals surface area contributed by atoms with Crippen LogP contribution in [0.15, 0.2) is 0 Å². The van der Waals surface area contributed by atoms with Crippen molar-refractivity contribution in [3.63, 3.8) is 0 Å². The SMILES string of the molecule is COCCNCCCC(C)N. The van der Waals surface area contributed by atoms with E-state index in [9.17, 15) is 0 Å². The van der Waals surface area contributed by atoms with Gasteiger partial charge in [-0.1, -0.05) is 0 Å². The third-order valence-corrected chi connectivity index (χ3v) is 1.50. The molecule has 0 aliphatic rings. The van der Waals surface area contributed by atoms with Crippen LogP contribution in [0.3, 0.4) is 0 Å². The summed E-state index contributed by atoms with van der Waals surface area (Å²) in [5, 5.41) is 3.26. The van der Waals surface area contributed by atoms with E-state index >= 15 is 0 Å². The Morgan fingerprint density at radius 1 is 1.45 bits per heavy atom. The summed E-state index contributed by atoms with van der Waals surface area (Å²) in [6.45, 7) is 4.81. The van der Waals surface area contributed by atoms with E-state index in [1.807, 2.05) is 6.92 Å². The Balaban J connectivity index is 2.80. The van der Waals surface area contributed by atoms with Gasteiger partial charge in [0.25, 0.3) is 0 Å². The molecule has 1 atom stereocenters. The summed E-state index contributed by atoms with van der Waals surface area (Å²) in [6, 6.07) is 0.333. The van der Waals surface area contributed by atoms with Crippen molar-refractivity contribution < 1.29 is 4.74 Å². The van der Waals surface area contributed by atoms with Crippen LogP contribution in [0.4, 0.5) is 0 Å². The molecule has 0 saturated heterocycles. The van der Waals surface area contributed by atoms with Gasteiger partial charge in [-0.05, 0) is 26.3 Å². The Labute approximate surface area is 69.3 Å². The van der Waals surface area contributed by atoms with Crippen molar-refractivity contribution in [2.24, 2.45) is 5.73 Å². The quantitative estimate of drug-likeness (QED) is 0.528. The molecule has 0 saturated carbocycles. The molecule has 3 nitrogen and oxygen atoms in total. The Morgan fingerprint density at radius 3 is 2.73 bits per heavy atom. The number of ether oxygens (including phenoxy) is 1. The van der Waals surface area contributed by atoms with Gasteiger partial charge in [0, 0.05) is 19.7 Å². The largest absolute Gasteiger partial charge is 0.383 e. The lowest BCUT2D eigenvalue weighted by Gasteiger charge is -2.05. The molecule has 11 heavy (non-hydrogen) atoms. The molecule has 0 aromatic heterocycles. The molecule has 0 bridgehead atoms. The highest BCUT2D eigenvalue weighted by Crippen LogP contribution is 1.90. The summed E-state index contributed by atoms with van der Waals surface area (Å²) in [5.41, 5.74) is 5.58. The minimum absolute atomic E-state index is 0.333. The standard InChI is InChI=1S/C8H20N2O/c1-8(9)4-3-5-10-6-7-11-2/h8,10H,3-7,9H2,1-2H3. The molecular formula is C8H20N2O. The molecule has 0 aromatic rings. The van der Waals surface area contributed by atoms with Crippen LogP contribution in [-0.2, 0) is 4.74 Å². The van der Waals surface area contributed by atoms with E-state index < -0.39 is 0 Å². The molecule has 0 aliphatic heterocycles. The van der Waals surface area contributed by atoms with Gasteiger partial charge >= 0.3 is 0 Å². The third kappa shape index (κ3) is 9.88. The number of rotatable bonds is 7. The average molecular weight is 160 g/mol. The first-order valence-corrected chi connectivity index (χ1v) is 4.22. The van der Waals surface area contributed by atoms with Crippen molar-refractivity contribution in [1.82, 2.24) is 5.32 Å². The normalized spacial score (nSPS) is 13.4. The maximum absolute atomic E-state index is 5.58. The van der Waals surface area contributed by atoms with Crippen LogP contribution in [0.5, 0.6) is 0 Å². The summed E-state index contributed by atoms with van der Waals surface area (Å²) >= 11 is 0. The van der Waals surface area contributed by atoms with E-state index in [2.05, 4.69) is 5.32 Å². The number of methoxy groups -OCH3 is 1. The summed E-state index contributed by atoms with van der Waals surface area (Å²) in [4.78, 5) is 0. The molecule has 0 fully saturated rings. The predicted molar refractivity (Wildman–Crippen MR) is 47.6 cm³/mol. The molecule has 0 aromatic carbocycles. The minimum Gasteiger partial charge on any atom is -0.383 e. The fraction of sp³-hybridized carbons (Fsp3) is 1.00. The lowest BCUT2D eigenvalue weighted by molar-refractivity contribution is 0.199. The van der Waals surface area contributed by atoms with Gasteiger partial charge in [-0.25, -0.2) is 0 Å². The molecule has 3 heteroatoms. The summed E-state index contributed by atoms with van der Waals surface area (Å²) in [6.07, 6.45) is 2.25. The number of nitrogens with two attached hydrogens (primary N) is 1. The number of nitrogens with one attached hydrogen (secondary N) is 1. The number of hydrogen-bond acceptors (Lipinski definition) is 3. The minimum atomic E-state index is 0.333. The van der Waals surface area contributed by atoms with Gasteiger partial charge in [-0.2, -0.15) is 0 Å². The lowest BCUT2D eigenvalue weighted by Crippen LogP contribution is -2.22. The Hall–Kier alpha value is -0.120. The molecule has 3 N–H and O–H groups in total. The van der Waals surface area contributed by atoms with Gasteiger partial charge in [0.2, 0.25) is 0 Å². The second-order valence-electron chi connectivity index (χ2n) is 2.86. The topological polar surface area (TPSA) is 47.3 Å². The second-order valence-corrected chi connectivity index (χ2v) is 2.86. The van der Waals surface area contributed by atoms with Crippen molar-refractivity contribution in [2.45, 2.75) is 25.8 Å². The van der Waals surface area contributed by atoms with Crippen molar-refractivity contribution in [3.05, 3.63) is 0 Å². The third-order valence-electron chi connectivity index (χ3n) is 1.50. The summed E-state index contributed by atoms with van der Waals surface area (Å²) < 4.78 is 4.88. The molecule has 0 heterocycles. The Morgan fingerprint density at radius 2 is 2.18 bits per heavy atom. The maximum Gasteiger partial charge on any atom is 0.0587 e. The molecular weight excluding hydrogens is 140 g/mol. The van der Waals surface area contributed by atoms with Crippen molar-refractivity contribution in [3.8, 4) is 0 Å². The zero-order valence-electron chi connectivity index (χ0n) is 7.60. The van der Waals surface area contributed by atoms with Crippen LogP contribution in [-0.4, -0.2) is 32.8 Å². The lowest BCUT2D eigenvalue weighted by atomic mass is 10.2. The Kier molecular flexibility index (Phi) is 7.89. The van der Waals surface area contributed by atoms with Gasteiger partial charge in [-0.15, -0.1) is 0 Å². The van der Waals surface area contributed by atoms with Crippen LogP contribution >= 0.6 is 0 Å². The fourth-order valence-corrected chi connectivity index (χ4v) is 0.848. The monoisotopic (exact) mass is 160 g/mol. The summed E-state index contributed by atoms with van der Waals surface area (Å²) in [7, 11) is 1.71. The first-order valence-electron chi connectivity index (χ1n) is 4.22. The molecule has 0 aliphatic carbocycles. The van der Waals surface area contributed by atoms with E-state index in [1.165, 1.54) is 0 Å². The van der Waals surface area contributed by atoms with Crippen LogP contribution in [0, 0.1) is 0 Å². The maximum atomic E-state index is 5.58. The average Bonchev–Trinajstić information content (AvgIpc) is 1.96. The first kappa shape index (κ1) is 10.9. The van der Waals surface area contributed by atoms with Crippen LogP contribution in [0.25, 0.3) is 0 Å². The van der Waals surface area contributed by atoms with E-state index in [4.69, 9.17) is 10.5 Å². The highest BCUT2D eigenvalue weighted by atomic mass is 16.5. The molecule has 0 spiro atoms. The molecule has 0 rings (SSSR count). The predicted octanol–water partition coefficient (Wildman–Crippen LogP) is 0.350. The van der Waals surface area contributed by atoms with Crippen LogP contribution in [0.2, 0.25) is 0 Å². The fourth-order valence-electron chi connectivity index (χ4n) is 0.848. The smallest absolute Gasteiger partial charge is 0.0587 e. The van der Waals surface area contributed by atoms with Crippen molar-refractivity contribution in [1.29, 1.82) is 0 Å². The van der Waals surface area contributed by atoms with Crippen molar-refractivity contribution in [2.75, 3.05) is 26.8 Å².